The van der Waals surface area contributed by atoms with E-state index in [9.17, 15) is 9.59 Å². The van der Waals surface area contributed by atoms with Gasteiger partial charge >= 0.3 is 0 Å². The summed E-state index contributed by atoms with van der Waals surface area (Å²) in [5.41, 5.74) is 1.69. The number of rotatable bonds is 5. The van der Waals surface area contributed by atoms with E-state index >= 15 is 0 Å². The molecule has 1 aromatic heterocycles. The number of methoxy groups -OCH3 is 1. The molecule has 0 radical (unpaired) electrons. The molecule has 3 rings (SSSR count). The highest BCUT2D eigenvalue weighted by Gasteiger charge is 2.22. The number of carbonyl (C=O) groups is 2. The van der Waals surface area contributed by atoms with Crippen molar-refractivity contribution in [1.29, 1.82) is 0 Å². The molecule has 0 spiro atoms. The zero-order chi connectivity index (χ0) is 19.2. The van der Waals surface area contributed by atoms with E-state index in [-0.39, 0.29) is 11.8 Å². The van der Waals surface area contributed by atoms with Crippen LogP contribution in [-0.4, -0.2) is 66.9 Å². The molecule has 1 aliphatic rings. The van der Waals surface area contributed by atoms with Gasteiger partial charge in [-0.3, -0.25) is 14.6 Å². The van der Waals surface area contributed by atoms with Gasteiger partial charge in [0.1, 0.15) is 11.4 Å². The number of piperazine rings is 1. The lowest BCUT2D eigenvalue weighted by molar-refractivity contribution is 0.0658. The third-order valence-corrected chi connectivity index (χ3v) is 4.64. The number of pyridine rings is 1. The molecule has 0 unspecified atom stereocenters. The predicted molar refractivity (Wildman–Crippen MR) is 102 cm³/mol. The van der Waals surface area contributed by atoms with E-state index in [1.807, 2.05) is 31.3 Å². The molecule has 0 aliphatic carbocycles. The molecule has 0 atom stereocenters. The summed E-state index contributed by atoms with van der Waals surface area (Å²) in [5.74, 6) is 0.403. The second-order valence-electron chi connectivity index (χ2n) is 6.56. The summed E-state index contributed by atoms with van der Waals surface area (Å²) in [6.07, 6.45) is 1.51. The minimum atomic E-state index is -0.236. The first kappa shape index (κ1) is 18.8. The maximum Gasteiger partial charge on any atom is 0.272 e. The average Bonchev–Trinajstić information content (AvgIpc) is 2.72. The van der Waals surface area contributed by atoms with Gasteiger partial charge < -0.3 is 19.9 Å². The molecule has 1 aliphatic heterocycles. The van der Waals surface area contributed by atoms with Crippen LogP contribution in [0.5, 0.6) is 5.75 Å². The Hall–Kier alpha value is -2.93. The number of hydrogen-bond donors (Lipinski definition) is 1. The fourth-order valence-electron chi connectivity index (χ4n) is 2.89. The molecular formula is C20H24N4O3. The Morgan fingerprint density at radius 2 is 1.81 bits per heavy atom. The number of ether oxygens (including phenoxy) is 1. The van der Waals surface area contributed by atoms with E-state index in [1.165, 1.54) is 6.20 Å². The van der Waals surface area contributed by atoms with Gasteiger partial charge in [-0.05, 0) is 36.9 Å². The Bertz CT molecular complexity index is 799. The van der Waals surface area contributed by atoms with Crippen molar-refractivity contribution in [1.82, 2.24) is 20.1 Å². The number of aromatic nitrogens is 1. The first-order valence-corrected chi connectivity index (χ1v) is 8.92. The van der Waals surface area contributed by atoms with Crippen molar-refractivity contribution >= 4 is 11.8 Å². The van der Waals surface area contributed by atoms with Gasteiger partial charge in [-0.1, -0.05) is 12.1 Å². The van der Waals surface area contributed by atoms with Crippen LogP contribution in [0.1, 0.15) is 26.4 Å². The number of amides is 2. The highest BCUT2D eigenvalue weighted by Crippen LogP contribution is 2.12. The molecule has 1 N–H and O–H groups in total. The van der Waals surface area contributed by atoms with Gasteiger partial charge in [0, 0.05) is 44.5 Å². The van der Waals surface area contributed by atoms with E-state index < -0.39 is 0 Å². The maximum absolute atomic E-state index is 12.6. The quantitative estimate of drug-likeness (QED) is 0.864. The molecule has 27 heavy (non-hydrogen) atoms. The number of likely N-dealkylation sites (N-methyl/N-ethyl adjacent to an activating group) is 1. The molecule has 7 heteroatoms. The third-order valence-electron chi connectivity index (χ3n) is 4.64. The van der Waals surface area contributed by atoms with E-state index in [0.29, 0.717) is 30.9 Å². The molecule has 1 saturated heterocycles. The summed E-state index contributed by atoms with van der Waals surface area (Å²) in [6.45, 7) is 3.42. The fraction of sp³-hybridized carbons (Fsp3) is 0.350. The largest absolute Gasteiger partial charge is 0.497 e. The first-order valence-electron chi connectivity index (χ1n) is 8.92. The zero-order valence-electron chi connectivity index (χ0n) is 15.6. The van der Waals surface area contributed by atoms with Gasteiger partial charge in [-0.25, -0.2) is 0 Å². The Balaban J connectivity index is 1.61. The van der Waals surface area contributed by atoms with Gasteiger partial charge in [0.2, 0.25) is 0 Å². The summed E-state index contributed by atoms with van der Waals surface area (Å²) in [7, 11) is 3.65. The summed E-state index contributed by atoms with van der Waals surface area (Å²) in [5, 5.41) is 2.87. The Labute approximate surface area is 158 Å². The predicted octanol–water partition coefficient (Wildman–Crippen LogP) is 1.41. The molecule has 1 aromatic carbocycles. The summed E-state index contributed by atoms with van der Waals surface area (Å²) in [4.78, 5) is 33.2. The van der Waals surface area contributed by atoms with Crippen LogP contribution >= 0.6 is 0 Å². The Kier molecular flexibility index (Phi) is 6.03. The number of nitrogens with zero attached hydrogens (tertiary/aromatic N) is 3. The highest BCUT2D eigenvalue weighted by atomic mass is 16.5. The molecule has 2 amide bonds. The third kappa shape index (κ3) is 4.83. The summed E-state index contributed by atoms with van der Waals surface area (Å²) in [6, 6.07) is 10.7. The average molecular weight is 368 g/mol. The van der Waals surface area contributed by atoms with E-state index in [0.717, 1.165) is 24.4 Å². The van der Waals surface area contributed by atoms with Crippen molar-refractivity contribution in [3.8, 4) is 5.75 Å². The minimum absolute atomic E-state index is 0.132. The van der Waals surface area contributed by atoms with Crippen LogP contribution in [-0.2, 0) is 6.54 Å². The van der Waals surface area contributed by atoms with Crippen LogP contribution in [0.3, 0.4) is 0 Å². The summed E-state index contributed by atoms with van der Waals surface area (Å²) >= 11 is 0. The number of benzene rings is 1. The first-order chi connectivity index (χ1) is 13.1. The molecule has 2 aromatic rings. The molecule has 1 fully saturated rings. The van der Waals surface area contributed by atoms with E-state index in [1.54, 1.807) is 24.1 Å². The van der Waals surface area contributed by atoms with Crippen LogP contribution < -0.4 is 10.1 Å². The molecule has 2 heterocycles. The second kappa shape index (κ2) is 8.64. The van der Waals surface area contributed by atoms with Crippen molar-refractivity contribution in [2.24, 2.45) is 0 Å². The van der Waals surface area contributed by atoms with Crippen LogP contribution in [0.2, 0.25) is 0 Å². The topological polar surface area (TPSA) is 74.8 Å². The Morgan fingerprint density at radius 3 is 2.48 bits per heavy atom. The SMILES string of the molecule is COc1ccc(CNC(=O)c2ccnc(C(=O)N3CCN(C)CC3)c2)cc1. The lowest BCUT2D eigenvalue weighted by Gasteiger charge is -2.32. The molecular weight excluding hydrogens is 344 g/mol. The summed E-state index contributed by atoms with van der Waals surface area (Å²) < 4.78 is 5.12. The van der Waals surface area contributed by atoms with Gasteiger partial charge in [0.05, 0.1) is 7.11 Å². The molecule has 142 valence electrons. The van der Waals surface area contributed by atoms with Crippen LogP contribution in [0.4, 0.5) is 0 Å². The molecule has 7 nitrogen and oxygen atoms in total. The number of carbonyl (C=O) groups excluding carboxylic acids is 2. The maximum atomic E-state index is 12.6. The van der Waals surface area contributed by atoms with Crippen LogP contribution in [0.15, 0.2) is 42.6 Å². The monoisotopic (exact) mass is 368 g/mol. The lowest BCUT2D eigenvalue weighted by Crippen LogP contribution is -2.47. The smallest absolute Gasteiger partial charge is 0.272 e. The zero-order valence-corrected chi connectivity index (χ0v) is 15.6. The van der Waals surface area contributed by atoms with Gasteiger partial charge in [-0.15, -0.1) is 0 Å². The van der Waals surface area contributed by atoms with Crippen molar-refractivity contribution in [2.45, 2.75) is 6.54 Å². The van der Waals surface area contributed by atoms with E-state index in [4.69, 9.17) is 4.74 Å². The minimum Gasteiger partial charge on any atom is -0.497 e. The number of hydrogen-bond acceptors (Lipinski definition) is 5. The molecule has 0 saturated carbocycles. The van der Waals surface area contributed by atoms with Gasteiger partial charge in [0.15, 0.2) is 0 Å². The van der Waals surface area contributed by atoms with E-state index in [2.05, 4.69) is 15.2 Å². The Morgan fingerprint density at radius 1 is 1.11 bits per heavy atom. The molecule has 0 bridgehead atoms. The lowest BCUT2D eigenvalue weighted by atomic mass is 10.1. The van der Waals surface area contributed by atoms with Crippen molar-refractivity contribution in [3.05, 3.63) is 59.4 Å². The van der Waals surface area contributed by atoms with Crippen LogP contribution in [0.25, 0.3) is 0 Å². The van der Waals surface area contributed by atoms with Crippen LogP contribution in [0, 0.1) is 0 Å². The van der Waals surface area contributed by atoms with Crippen molar-refractivity contribution < 1.29 is 14.3 Å². The van der Waals surface area contributed by atoms with Crippen molar-refractivity contribution in [2.75, 3.05) is 40.3 Å². The number of nitrogens with one attached hydrogen (secondary N) is 1. The van der Waals surface area contributed by atoms with Gasteiger partial charge in [0.25, 0.3) is 11.8 Å². The highest BCUT2D eigenvalue weighted by molar-refractivity contribution is 5.98. The fourth-order valence-corrected chi connectivity index (χ4v) is 2.89. The van der Waals surface area contributed by atoms with Crippen molar-refractivity contribution in [3.63, 3.8) is 0 Å². The van der Waals surface area contributed by atoms with Gasteiger partial charge in [-0.2, -0.15) is 0 Å². The standard InChI is InChI=1S/C20H24N4O3/c1-23-9-11-24(12-10-23)20(26)18-13-16(7-8-21-18)19(25)22-14-15-3-5-17(27-2)6-4-15/h3-8,13H,9-12,14H2,1-2H3,(H,22,25). The normalized spacial score (nSPS) is 14.7. The second-order valence-corrected chi connectivity index (χ2v) is 6.56.